The predicted molar refractivity (Wildman–Crippen MR) is 127 cm³/mol. The van der Waals surface area contributed by atoms with Gasteiger partial charge in [-0.15, -0.1) is 11.8 Å². The van der Waals surface area contributed by atoms with Gasteiger partial charge in [-0.05, 0) is 44.7 Å². The highest BCUT2D eigenvalue weighted by atomic mass is 32.2. The summed E-state index contributed by atoms with van der Waals surface area (Å²) in [6, 6.07) is 18.1. The quantitative estimate of drug-likeness (QED) is 0.571. The second-order valence-corrected chi connectivity index (χ2v) is 8.88. The van der Waals surface area contributed by atoms with Gasteiger partial charge >= 0.3 is 0 Å². The number of hydrogen-bond donors (Lipinski definition) is 1. The third-order valence-electron chi connectivity index (χ3n) is 4.88. The van der Waals surface area contributed by atoms with E-state index in [0.717, 1.165) is 12.2 Å². The zero-order valence-electron chi connectivity index (χ0n) is 18.6. The van der Waals surface area contributed by atoms with E-state index in [-0.39, 0.29) is 17.9 Å². The van der Waals surface area contributed by atoms with Crippen molar-refractivity contribution >= 4 is 23.6 Å². The van der Waals surface area contributed by atoms with Crippen LogP contribution in [0.1, 0.15) is 43.9 Å². The van der Waals surface area contributed by atoms with Gasteiger partial charge in [-0.1, -0.05) is 67.1 Å². The van der Waals surface area contributed by atoms with E-state index in [1.54, 1.807) is 16.7 Å². The summed E-state index contributed by atoms with van der Waals surface area (Å²) < 4.78 is 0. The van der Waals surface area contributed by atoms with Crippen LogP contribution in [0.5, 0.6) is 0 Å². The van der Waals surface area contributed by atoms with Gasteiger partial charge < -0.3 is 10.2 Å². The summed E-state index contributed by atoms with van der Waals surface area (Å²) in [5.41, 5.74) is 3.61. The average molecular weight is 427 g/mol. The number of nitrogens with one attached hydrogen (secondary N) is 1. The van der Waals surface area contributed by atoms with Crippen LogP contribution in [0.3, 0.4) is 0 Å². The number of carbonyl (C=O) groups is 2. The number of aryl methyl sites for hydroxylation is 1. The van der Waals surface area contributed by atoms with Crippen LogP contribution < -0.4 is 5.32 Å². The van der Waals surface area contributed by atoms with Crippen molar-refractivity contribution in [2.45, 2.75) is 58.4 Å². The average Bonchev–Trinajstić information content (AvgIpc) is 2.71. The Labute approximate surface area is 185 Å². The molecule has 0 aliphatic carbocycles. The molecule has 0 unspecified atom stereocenters. The molecule has 1 N–H and O–H groups in total. The molecule has 0 radical (unpaired) electrons. The fraction of sp³-hybridized carbons (Fsp3) is 0.440. The Kier molecular flexibility index (Phi) is 9.95. The molecule has 4 nitrogen and oxygen atoms in total. The fourth-order valence-corrected chi connectivity index (χ4v) is 4.28. The summed E-state index contributed by atoms with van der Waals surface area (Å²) in [7, 11) is 0. The first-order chi connectivity index (χ1) is 14.4. The van der Waals surface area contributed by atoms with Crippen molar-refractivity contribution in [2.24, 2.45) is 0 Å². The van der Waals surface area contributed by atoms with E-state index < -0.39 is 6.04 Å². The molecule has 0 bridgehead atoms. The molecule has 162 valence electrons. The van der Waals surface area contributed by atoms with Gasteiger partial charge in [0.15, 0.2) is 0 Å². The SMILES string of the molecule is CC[C@@H](C(=O)NC(C)C)N(CCc1ccccc1)C(=O)CSCc1cccc(C)c1. The smallest absolute Gasteiger partial charge is 0.242 e. The van der Waals surface area contributed by atoms with Gasteiger partial charge in [0.2, 0.25) is 11.8 Å². The van der Waals surface area contributed by atoms with Gasteiger partial charge in [0.25, 0.3) is 0 Å². The molecule has 0 heterocycles. The summed E-state index contributed by atoms with van der Waals surface area (Å²) in [5.74, 6) is 1.11. The third kappa shape index (κ3) is 7.86. The summed E-state index contributed by atoms with van der Waals surface area (Å²) in [6.07, 6.45) is 1.34. The van der Waals surface area contributed by atoms with E-state index in [4.69, 9.17) is 0 Å². The van der Waals surface area contributed by atoms with Crippen LogP contribution in [-0.2, 0) is 21.8 Å². The first kappa shape index (κ1) is 24.0. The molecule has 2 aromatic carbocycles. The molecular formula is C25H34N2O2S. The first-order valence-electron chi connectivity index (χ1n) is 10.7. The van der Waals surface area contributed by atoms with E-state index in [2.05, 4.69) is 42.6 Å². The van der Waals surface area contributed by atoms with Crippen LogP contribution in [0.4, 0.5) is 0 Å². The van der Waals surface area contributed by atoms with Gasteiger partial charge in [0.1, 0.15) is 6.04 Å². The van der Waals surface area contributed by atoms with Gasteiger partial charge in [-0.2, -0.15) is 0 Å². The van der Waals surface area contributed by atoms with E-state index in [1.165, 1.54) is 16.7 Å². The Hall–Kier alpha value is -2.27. The lowest BCUT2D eigenvalue weighted by Crippen LogP contribution is -2.51. The molecule has 1 atom stereocenters. The maximum atomic E-state index is 13.1. The fourth-order valence-electron chi connectivity index (χ4n) is 3.42. The minimum Gasteiger partial charge on any atom is -0.352 e. The lowest BCUT2D eigenvalue weighted by Gasteiger charge is -2.31. The van der Waals surface area contributed by atoms with Gasteiger partial charge in [-0.25, -0.2) is 0 Å². The van der Waals surface area contributed by atoms with Crippen molar-refractivity contribution in [1.29, 1.82) is 0 Å². The highest BCUT2D eigenvalue weighted by Crippen LogP contribution is 2.16. The number of amides is 2. The molecule has 2 amide bonds. The number of rotatable bonds is 11. The molecule has 0 aliphatic heterocycles. The molecule has 2 rings (SSSR count). The Bertz CT molecular complexity index is 808. The Morgan fingerprint density at radius 1 is 1.03 bits per heavy atom. The second-order valence-electron chi connectivity index (χ2n) is 7.89. The number of benzene rings is 2. The van der Waals surface area contributed by atoms with E-state index in [0.29, 0.717) is 18.7 Å². The van der Waals surface area contributed by atoms with Gasteiger partial charge in [-0.3, -0.25) is 9.59 Å². The zero-order chi connectivity index (χ0) is 21.9. The molecule has 2 aromatic rings. The third-order valence-corrected chi connectivity index (χ3v) is 5.87. The van der Waals surface area contributed by atoms with E-state index >= 15 is 0 Å². The minimum atomic E-state index is -0.441. The second kappa shape index (κ2) is 12.4. The molecular weight excluding hydrogens is 392 g/mol. The Morgan fingerprint density at radius 3 is 2.37 bits per heavy atom. The highest BCUT2D eigenvalue weighted by Gasteiger charge is 2.28. The molecule has 5 heteroatoms. The van der Waals surface area contributed by atoms with Crippen molar-refractivity contribution in [3.05, 3.63) is 71.3 Å². The summed E-state index contributed by atoms with van der Waals surface area (Å²) in [4.78, 5) is 27.7. The normalized spacial score (nSPS) is 11.9. The molecule has 0 saturated carbocycles. The molecule has 0 aliphatic rings. The van der Waals surface area contributed by atoms with Crippen molar-refractivity contribution in [3.63, 3.8) is 0 Å². The number of nitrogens with zero attached hydrogens (tertiary/aromatic N) is 1. The van der Waals surface area contributed by atoms with E-state index in [1.807, 2.05) is 45.0 Å². The van der Waals surface area contributed by atoms with Gasteiger partial charge in [0.05, 0.1) is 5.75 Å². The maximum absolute atomic E-state index is 13.1. The highest BCUT2D eigenvalue weighted by molar-refractivity contribution is 7.99. The van der Waals surface area contributed by atoms with Crippen LogP contribution >= 0.6 is 11.8 Å². The van der Waals surface area contributed by atoms with Crippen molar-refractivity contribution < 1.29 is 9.59 Å². The van der Waals surface area contributed by atoms with Crippen LogP contribution in [0.25, 0.3) is 0 Å². The topological polar surface area (TPSA) is 49.4 Å². The van der Waals surface area contributed by atoms with Crippen molar-refractivity contribution in [2.75, 3.05) is 12.3 Å². The van der Waals surface area contributed by atoms with Crippen LogP contribution in [-0.4, -0.2) is 41.1 Å². The standard InChI is InChI=1S/C25H34N2O2S/c1-5-23(25(29)26-19(2)3)27(15-14-21-11-7-6-8-12-21)24(28)18-30-17-22-13-9-10-20(4)16-22/h6-13,16,19,23H,5,14-15,17-18H2,1-4H3,(H,26,29)/t23-/m0/s1. The maximum Gasteiger partial charge on any atom is 0.242 e. The summed E-state index contributed by atoms with van der Waals surface area (Å²) >= 11 is 1.60. The number of thioether (sulfide) groups is 1. The molecule has 0 spiro atoms. The Morgan fingerprint density at radius 2 is 1.73 bits per heavy atom. The molecule has 0 aromatic heterocycles. The van der Waals surface area contributed by atoms with Crippen molar-refractivity contribution in [1.82, 2.24) is 10.2 Å². The summed E-state index contributed by atoms with van der Waals surface area (Å²) in [5, 5.41) is 2.98. The lowest BCUT2D eigenvalue weighted by molar-refractivity contribution is -0.139. The predicted octanol–water partition coefficient (Wildman–Crippen LogP) is 4.60. The van der Waals surface area contributed by atoms with Crippen LogP contribution in [0.2, 0.25) is 0 Å². The van der Waals surface area contributed by atoms with Crippen LogP contribution in [0, 0.1) is 6.92 Å². The van der Waals surface area contributed by atoms with Gasteiger partial charge in [0, 0.05) is 18.3 Å². The summed E-state index contributed by atoms with van der Waals surface area (Å²) in [6.45, 7) is 8.46. The van der Waals surface area contributed by atoms with Crippen LogP contribution in [0.15, 0.2) is 54.6 Å². The molecule has 30 heavy (non-hydrogen) atoms. The first-order valence-corrected chi connectivity index (χ1v) is 11.8. The Balaban J connectivity index is 2.05. The molecule has 0 saturated heterocycles. The zero-order valence-corrected chi connectivity index (χ0v) is 19.4. The largest absolute Gasteiger partial charge is 0.352 e. The number of hydrogen-bond acceptors (Lipinski definition) is 3. The van der Waals surface area contributed by atoms with Crippen molar-refractivity contribution in [3.8, 4) is 0 Å². The lowest BCUT2D eigenvalue weighted by atomic mass is 10.1. The minimum absolute atomic E-state index is 0.0225. The van der Waals surface area contributed by atoms with E-state index in [9.17, 15) is 9.59 Å². The molecule has 0 fully saturated rings. The number of carbonyl (C=O) groups excluding carboxylic acids is 2. The monoisotopic (exact) mass is 426 g/mol.